The lowest BCUT2D eigenvalue weighted by Crippen LogP contribution is -2.14. The lowest BCUT2D eigenvalue weighted by Gasteiger charge is -2.12. The first-order valence-corrected chi connectivity index (χ1v) is 6.67. The predicted molar refractivity (Wildman–Crippen MR) is 84.5 cm³/mol. The third-order valence-electron chi connectivity index (χ3n) is 2.87. The summed E-state index contributed by atoms with van der Waals surface area (Å²) in [5.74, 6) is 0.983. The number of aromatic nitrogens is 1. The number of nitrogens with one attached hydrogen (secondary N) is 1. The van der Waals surface area contributed by atoms with Crippen molar-refractivity contribution in [3.8, 4) is 5.75 Å². The number of anilines is 2. The number of rotatable bonds is 4. The standard InChI is InChI=1S/C15H16ClN3O2/c1-19(2)14-7-5-11(9-17-14)18-15(20)12-8-10(16)4-6-13(12)21-3/h4-9H,1-3H3,(H,18,20). The van der Waals surface area contributed by atoms with Gasteiger partial charge in [0.25, 0.3) is 5.91 Å². The van der Waals surface area contributed by atoms with Crippen LogP contribution in [0.1, 0.15) is 10.4 Å². The molecule has 1 heterocycles. The molecule has 110 valence electrons. The summed E-state index contributed by atoms with van der Waals surface area (Å²) in [6.07, 6.45) is 1.60. The third kappa shape index (κ3) is 3.64. The highest BCUT2D eigenvalue weighted by molar-refractivity contribution is 6.31. The average molecular weight is 306 g/mol. The summed E-state index contributed by atoms with van der Waals surface area (Å²) >= 11 is 5.92. The summed E-state index contributed by atoms with van der Waals surface area (Å²) in [5.41, 5.74) is 0.981. The molecule has 2 rings (SSSR count). The van der Waals surface area contributed by atoms with E-state index < -0.39 is 0 Å². The summed E-state index contributed by atoms with van der Waals surface area (Å²) in [6, 6.07) is 8.51. The van der Waals surface area contributed by atoms with E-state index in [2.05, 4.69) is 10.3 Å². The monoisotopic (exact) mass is 305 g/mol. The zero-order chi connectivity index (χ0) is 15.4. The Labute approximate surface area is 128 Å². The summed E-state index contributed by atoms with van der Waals surface area (Å²) < 4.78 is 5.17. The summed E-state index contributed by atoms with van der Waals surface area (Å²) in [4.78, 5) is 18.4. The number of carbonyl (C=O) groups is 1. The van der Waals surface area contributed by atoms with Crippen molar-refractivity contribution in [1.82, 2.24) is 4.98 Å². The van der Waals surface area contributed by atoms with Gasteiger partial charge in [-0.1, -0.05) is 11.6 Å². The first kappa shape index (κ1) is 15.1. The maximum Gasteiger partial charge on any atom is 0.259 e. The molecule has 0 radical (unpaired) electrons. The molecule has 0 fully saturated rings. The molecule has 0 spiro atoms. The second-order valence-electron chi connectivity index (χ2n) is 4.60. The van der Waals surface area contributed by atoms with Crippen molar-refractivity contribution in [3.05, 3.63) is 47.1 Å². The van der Waals surface area contributed by atoms with Gasteiger partial charge in [0, 0.05) is 19.1 Å². The summed E-state index contributed by atoms with van der Waals surface area (Å²) in [6.45, 7) is 0. The summed E-state index contributed by atoms with van der Waals surface area (Å²) in [7, 11) is 5.31. The molecule has 5 nitrogen and oxygen atoms in total. The average Bonchev–Trinajstić information content (AvgIpc) is 2.47. The van der Waals surface area contributed by atoms with Gasteiger partial charge in [-0.15, -0.1) is 0 Å². The van der Waals surface area contributed by atoms with Crippen LogP contribution in [0.15, 0.2) is 36.5 Å². The number of carbonyl (C=O) groups excluding carboxylic acids is 1. The normalized spacial score (nSPS) is 10.1. The van der Waals surface area contributed by atoms with Gasteiger partial charge < -0.3 is 15.0 Å². The van der Waals surface area contributed by atoms with Crippen LogP contribution in [-0.4, -0.2) is 32.1 Å². The van der Waals surface area contributed by atoms with Crippen molar-refractivity contribution in [3.63, 3.8) is 0 Å². The van der Waals surface area contributed by atoms with Gasteiger partial charge in [0.2, 0.25) is 0 Å². The zero-order valence-corrected chi connectivity index (χ0v) is 12.8. The van der Waals surface area contributed by atoms with E-state index in [4.69, 9.17) is 16.3 Å². The highest BCUT2D eigenvalue weighted by atomic mass is 35.5. The topological polar surface area (TPSA) is 54.5 Å². The fraction of sp³-hybridized carbons (Fsp3) is 0.200. The fourth-order valence-corrected chi connectivity index (χ4v) is 1.95. The van der Waals surface area contributed by atoms with Crippen molar-refractivity contribution >= 4 is 29.0 Å². The number of hydrogen-bond acceptors (Lipinski definition) is 4. The number of halogens is 1. The Morgan fingerprint density at radius 3 is 2.62 bits per heavy atom. The van der Waals surface area contributed by atoms with Gasteiger partial charge >= 0.3 is 0 Å². The second-order valence-corrected chi connectivity index (χ2v) is 5.03. The number of methoxy groups -OCH3 is 1. The van der Waals surface area contributed by atoms with Gasteiger partial charge in [0.05, 0.1) is 24.6 Å². The fourth-order valence-electron chi connectivity index (χ4n) is 1.78. The molecule has 1 aromatic carbocycles. The lowest BCUT2D eigenvalue weighted by atomic mass is 10.2. The number of nitrogens with zero attached hydrogens (tertiary/aromatic N) is 2. The minimum absolute atomic E-state index is 0.297. The third-order valence-corrected chi connectivity index (χ3v) is 3.11. The molecule has 0 aliphatic heterocycles. The summed E-state index contributed by atoms with van der Waals surface area (Å²) in [5, 5.41) is 3.24. The van der Waals surface area contributed by atoms with Crippen molar-refractivity contribution in [2.75, 3.05) is 31.4 Å². The van der Waals surface area contributed by atoms with Crippen LogP contribution < -0.4 is 15.0 Å². The molecule has 0 unspecified atom stereocenters. The van der Waals surface area contributed by atoms with E-state index >= 15 is 0 Å². The van der Waals surface area contributed by atoms with Crippen LogP contribution in [0.2, 0.25) is 5.02 Å². The molecule has 0 atom stereocenters. The van der Waals surface area contributed by atoms with Gasteiger partial charge in [-0.2, -0.15) is 0 Å². The molecule has 0 saturated carbocycles. The van der Waals surface area contributed by atoms with Crippen molar-refractivity contribution in [2.45, 2.75) is 0 Å². The van der Waals surface area contributed by atoms with E-state index in [0.717, 1.165) is 5.82 Å². The zero-order valence-electron chi connectivity index (χ0n) is 12.1. The van der Waals surface area contributed by atoms with E-state index in [1.807, 2.05) is 25.1 Å². The molecule has 1 N–H and O–H groups in total. The Hall–Kier alpha value is -2.27. The predicted octanol–water partition coefficient (Wildman–Crippen LogP) is 3.06. The molecule has 0 aliphatic rings. The maximum absolute atomic E-state index is 12.3. The SMILES string of the molecule is COc1ccc(Cl)cc1C(=O)Nc1ccc(N(C)C)nc1. The smallest absolute Gasteiger partial charge is 0.259 e. The molecule has 1 aromatic heterocycles. The minimum Gasteiger partial charge on any atom is -0.496 e. The molecule has 0 saturated heterocycles. The Bertz CT molecular complexity index is 642. The Kier molecular flexibility index (Phi) is 4.65. The highest BCUT2D eigenvalue weighted by Crippen LogP contribution is 2.23. The van der Waals surface area contributed by atoms with Crippen LogP contribution in [0.25, 0.3) is 0 Å². The molecule has 0 bridgehead atoms. The van der Waals surface area contributed by atoms with Crippen LogP contribution in [-0.2, 0) is 0 Å². The Balaban J connectivity index is 2.19. The van der Waals surface area contributed by atoms with E-state index in [0.29, 0.717) is 22.0 Å². The van der Waals surface area contributed by atoms with Crippen molar-refractivity contribution in [2.24, 2.45) is 0 Å². The Morgan fingerprint density at radius 2 is 2.05 bits per heavy atom. The molecular formula is C15H16ClN3O2. The number of hydrogen-bond donors (Lipinski definition) is 1. The highest BCUT2D eigenvalue weighted by Gasteiger charge is 2.13. The van der Waals surface area contributed by atoms with Crippen LogP contribution in [0.5, 0.6) is 5.75 Å². The number of pyridine rings is 1. The van der Waals surface area contributed by atoms with Gasteiger partial charge in [0.15, 0.2) is 0 Å². The van der Waals surface area contributed by atoms with Gasteiger partial charge in [-0.05, 0) is 30.3 Å². The van der Waals surface area contributed by atoms with Crippen LogP contribution in [0.3, 0.4) is 0 Å². The van der Waals surface area contributed by atoms with E-state index in [9.17, 15) is 4.79 Å². The van der Waals surface area contributed by atoms with Crippen LogP contribution in [0.4, 0.5) is 11.5 Å². The molecule has 21 heavy (non-hydrogen) atoms. The van der Waals surface area contributed by atoms with E-state index in [1.165, 1.54) is 7.11 Å². The molecule has 1 amide bonds. The number of benzene rings is 1. The lowest BCUT2D eigenvalue weighted by molar-refractivity contribution is 0.102. The van der Waals surface area contributed by atoms with E-state index in [1.54, 1.807) is 30.5 Å². The van der Waals surface area contributed by atoms with Gasteiger partial charge in [0.1, 0.15) is 11.6 Å². The Morgan fingerprint density at radius 1 is 1.29 bits per heavy atom. The van der Waals surface area contributed by atoms with Crippen LogP contribution in [0, 0.1) is 0 Å². The first-order chi connectivity index (χ1) is 10.0. The largest absolute Gasteiger partial charge is 0.496 e. The number of amides is 1. The minimum atomic E-state index is -0.297. The van der Waals surface area contributed by atoms with Crippen molar-refractivity contribution < 1.29 is 9.53 Å². The second kappa shape index (κ2) is 6.45. The van der Waals surface area contributed by atoms with Crippen LogP contribution >= 0.6 is 11.6 Å². The maximum atomic E-state index is 12.3. The molecule has 6 heteroatoms. The number of ether oxygens (including phenoxy) is 1. The van der Waals surface area contributed by atoms with Crippen molar-refractivity contribution in [1.29, 1.82) is 0 Å². The quantitative estimate of drug-likeness (QED) is 0.943. The molecule has 0 aliphatic carbocycles. The molecular weight excluding hydrogens is 290 g/mol. The van der Waals surface area contributed by atoms with Gasteiger partial charge in [-0.3, -0.25) is 4.79 Å². The van der Waals surface area contributed by atoms with E-state index in [-0.39, 0.29) is 5.91 Å². The van der Waals surface area contributed by atoms with Gasteiger partial charge in [-0.25, -0.2) is 4.98 Å². The first-order valence-electron chi connectivity index (χ1n) is 6.29. The molecule has 2 aromatic rings.